The van der Waals surface area contributed by atoms with Gasteiger partial charge in [0.2, 0.25) is 5.91 Å². The van der Waals surface area contributed by atoms with Crippen LogP contribution in [-0.2, 0) is 4.79 Å². The van der Waals surface area contributed by atoms with Gasteiger partial charge < -0.3 is 10.1 Å². The molecule has 6 heteroatoms. The fourth-order valence-corrected chi connectivity index (χ4v) is 1.83. The molecule has 0 saturated heterocycles. The van der Waals surface area contributed by atoms with Gasteiger partial charge in [-0.1, -0.05) is 12.1 Å². The first-order chi connectivity index (χ1) is 11.1. The summed E-state index contributed by atoms with van der Waals surface area (Å²) in [7, 11) is 1.57. The topological polar surface area (TPSA) is 79.8 Å². The number of carbonyl (C=O) groups excluding carboxylic acids is 2. The van der Waals surface area contributed by atoms with Crippen molar-refractivity contribution >= 4 is 23.7 Å². The van der Waals surface area contributed by atoms with Crippen molar-refractivity contribution in [3.05, 3.63) is 59.7 Å². The molecule has 2 amide bonds. The lowest BCUT2D eigenvalue weighted by atomic mass is 10.2. The second kappa shape index (κ2) is 7.74. The number of nitrogens with zero attached hydrogens (tertiary/aromatic N) is 1. The van der Waals surface area contributed by atoms with Crippen molar-refractivity contribution in [2.45, 2.75) is 6.92 Å². The zero-order chi connectivity index (χ0) is 16.7. The number of ether oxygens (including phenoxy) is 1. The van der Waals surface area contributed by atoms with Crippen molar-refractivity contribution in [1.82, 2.24) is 5.43 Å². The number of anilines is 1. The molecule has 0 atom stereocenters. The van der Waals surface area contributed by atoms with Gasteiger partial charge in [-0.25, -0.2) is 5.43 Å². The Hall–Kier alpha value is -3.15. The van der Waals surface area contributed by atoms with Crippen LogP contribution in [0.4, 0.5) is 5.69 Å². The Morgan fingerprint density at radius 2 is 1.70 bits per heavy atom. The number of rotatable bonds is 5. The van der Waals surface area contributed by atoms with Crippen LogP contribution in [0.15, 0.2) is 53.6 Å². The summed E-state index contributed by atoms with van der Waals surface area (Å²) in [5.74, 6) is 0.251. The number of benzene rings is 2. The van der Waals surface area contributed by atoms with E-state index in [1.165, 1.54) is 13.1 Å². The molecule has 23 heavy (non-hydrogen) atoms. The molecule has 0 fully saturated rings. The molecule has 6 nitrogen and oxygen atoms in total. The molecule has 2 rings (SSSR count). The van der Waals surface area contributed by atoms with Gasteiger partial charge in [-0.2, -0.15) is 5.10 Å². The van der Waals surface area contributed by atoms with Crippen LogP contribution in [-0.4, -0.2) is 25.1 Å². The molecule has 0 unspecified atom stereocenters. The van der Waals surface area contributed by atoms with Gasteiger partial charge in [0.1, 0.15) is 5.75 Å². The Bertz CT molecular complexity index is 707. The van der Waals surface area contributed by atoms with E-state index in [-0.39, 0.29) is 11.8 Å². The Morgan fingerprint density at radius 3 is 2.26 bits per heavy atom. The van der Waals surface area contributed by atoms with E-state index < -0.39 is 0 Å². The summed E-state index contributed by atoms with van der Waals surface area (Å²) in [6.45, 7) is 1.45. The van der Waals surface area contributed by atoms with Crippen LogP contribution >= 0.6 is 0 Å². The minimum absolute atomic E-state index is 0.127. The smallest absolute Gasteiger partial charge is 0.271 e. The van der Waals surface area contributed by atoms with Gasteiger partial charge in [-0.3, -0.25) is 9.59 Å². The van der Waals surface area contributed by atoms with Crippen molar-refractivity contribution in [3.8, 4) is 5.75 Å². The lowest BCUT2D eigenvalue weighted by Crippen LogP contribution is -2.17. The van der Waals surface area contributed by atoms with Crippen LogP contribution in [0.2, 0.25) is 0 Å². The summed E-state index contributed by atoms with van der Waals surface area (Å²) in [6, 6.07) is 13.8. The van der Waals surface area contributed by atoms with Crippen molar-refractivity contribution in [3.63, 3.8) is 0 Å². The Labute approximate surface area is 134 Å². The predicted molar refractivity (Wildman–Crippen MR) is 88.8 cm³/mol. The van der Waals surface area contributed by atoms with Gasteiger partial charge >= 0.3 is 0 Å². The van der Waals surface area contributed by atoms with E-state index in [2.05, 4.69) is 15.8 Å². The lowest BCUT2D eigenvalue weighted by molar-refractivity contribution is -0.114. The predicted octanol–water partition coefficient (Wildman–Crippen LogP) is 2.42. The van der Waals surface area contributed by atoms with Crippen LogP contribution < -0.4 is 15.5 Å². The molecule has 0 saturated carbocycles. The van der Waals surface area contributed by atoms with E-state index in [9.17, 15) is 9.59 Å². The third kappa shape index (κ3) is 4.96. The second-order valence-electron chi connectivity index (χ2n) is 4.73. The quantitative estimate of drug-likeness (QED) is 0.657. The molecule has 0 aliphatic rings. The summed E-state index contributed by atoms with van der Waals surface area (Å²) in [6.07, 6.45) is 1.53. The number of hydrogen-bond donors (Lipinski definition) is 2. The molecule has 0 heterocycles. The lowest BCUT2D eigenvalue weighted by Gasteiger charge is -2.03. The van der Waals surface area contributed by atoms with Gasteiger partial charge in [-0.05, 0) is 42.0 Å². The summed E-state index contributed by atoms with van der Waals surface area (Å²) in [5, 5.41) is 6.58. The van der Waals surface area contributed by atoms with E-state index in [1.807, 2.05) is 0 Å². The summed E-state index contributed by atoms with van der Waals surface area (Å²) < 4.78 is 5.03. The highest BCUT2D eigenvalue weighted by Gasteiger charge is 2.03. The summed E-state index contributed by atoms with van der Waals surface area (Å²) >= 11 is 0. The second-order valence-corrected chi connectivity index (χ2v) is 4.73. The maximum absolute atomic E-state index is 11.9. The fraction of sp³-hybridized carbons (Fsp3) is 0.118. The van der Waals surface area contributed by atoms with Gasteiger partial charge in [-0.15, -0.1) is 0 Å². The average molecular weight is 311 g/mol. The van der Waals surface area contributed by atoms with Crippen LogP contribution in [0.5, 0.6) is 5.75 Å². The van der Waals surface area contributed by atoms with Gasteiger partial charge in [0, 0.05) is 18.2 Å². The maximum atomic E-state index is 11.9. The van der Waals surface area contributed by atoms with Crippen molar-refractivity contribution in [1.29, 1.82) is 0 Å². The number of hydrazone groups is 1. The molecule has 2 aromatic carbocycles. The largest absolute Gasteiger partial charge is 0.497 e. The minimum atomic E-state index is -0.307. The molecule has 0 aromatic heterocycles. The van der Waals surface area contributed by atoms with E-state index in [4.69, 9.17) is 4.74 Å². The van der Waals surface area contributed by atoms with Gasteiger partial charge in [0.05, 0.1) is 13.3 Å². The normalized spacial score (nSPS) is 10.3. The monoisotopic (exact) mass is 311 g/mol. The average Bonchev–Trinajstić information content (AvgIpc) is 2.56. The first kappa shape index (κ1) is 16.2. The van der Waals surface area contributed by atoms with Crippen molar-refractivity contribution in [2.75, 3.05) is 12.4 Å². The highest BCUT2D eigenvalue weighted by Crippen LogP contribution is 2.11. The van der Waals surface area contributed by atoms with E-state index in [1.54, 1.807) is 55.6 Å². The molecular weight excluding hydrogens is 294 g/mol. The molecule has 0 aliphatic heterocycles. The zero-order valence-corrected chi connectivity index (χ0v) is 12.9. The third-order valence-electron chi connectivity index (χ3n) is 2.96. The van der Waals surface area contributed by atoms with Crippen LogP contribution in [0, 0.1) is 0 Å². The molecule has 2 N–H and O–H groups in total. The highest BCUT2D eigenvalue weighted by molar-refractivity contribution is 5.95. The Morgan fingerprint density at radius 1 is 1.04 bits per heavy atom. The molecular formula is C17H17N3O3. The Kier molecular flexibility index (Phi) is 5.46. The third-order valence-corrected chi connectivity index (χ3v) is 2.96. The standard InChI is InChI=1S/C17H17N3O3/c1-12(21)19-15-7-3-13(4-8-15)11-18-20-17(22)14-5-9-16(23-2)10-6-14/h3-11H,1-2H3,(H,19,21)(H,20,22). The molecule has 0 bridgehead atoms. The van der Waals surface area contributed by atoms with Crippen LogP contribution in [0.1, 0.15) is 22.8 Å². The van der Waals surface area contributed by atoms with Crippen molar-refractivity contribution < 1.29 is 14.3 Å². The summed E-state index contributed by atoms with van der Waals surface area (Å²) in [4.78, 5) is 22.8. The van der Waals surface area contributed by atoms with Gasteiger partial charge in [0.25, 0.3) is 5.91 Å². The number of carbonyl (C=O) groups is 2. The Balaban J connectivity index is 1.92. The molecule has 0 spiro atoms. The van der Waals surface area contributed by atoms with E-state index in [0.29, 0.717) is 17.0 Å². The van der Waals surface area contributed by atoms with Crippen molar-refractivity contribution in [2.24, 2.45) is 5.10 Å². The molecule has 2 aromatic rings. The van der Waals surface area contributed by atoms with E-state index >= 15 is 0 Å². The fourth-order valence-electron chi connectivity index (χ4n) is 1.83. The van der Waals surface area contributed by atoms with Crippen LogP contribution in [0.3, 0.4) is 0 Å². The maximum Gasteiger partial charge on any atom is 0.271 e. The minimum Gasteiger partial charge on any atom is -0.497 e. The first-order valence-electron chi connectivity index (χ1n) is 6.93. The number of amides is 2. The zero-order valence-electron chi connectivity index (χ0n) is 12.9. The summed E-state index contributed by atoms with van der Waals surface area (Å²) in [5.41, 5.74) is 4.45. The SMILES string of the molecule is COc1ccc(C(=O)NN=Cc2ccc(NC(C)=O)cc2)cc1. The number of hydrogen-bond acceptors (Lipinski definition) is 4. The molecule has 0 aliphatic carbocycles. The molecule has 0 radical (unpaired) electrons. The van der Waals surface area contributed by atoms with E-state index in [0.717, 1.165) is 5.56 Å². The highest BCUT2D eigenvalue weighted by atomic mass is 16.5. The van der Waals surface area contributed by atoms with Crippen LogP contribution in [0.25, 0.3) is 0 Å². The van der Waals surface area contributed by atoms with Gasteiger partial charge in [0.15, 0.2) is 0 Å². The first-order valence-corrected chi connectivity index (χ1v) is 6.93. The number of methoxy groups -OCH3 is 1. The molecule has 118 valence electrons. The number of nitrogens with one attached hydrogen (secondary N) is 2.